The third-order valence-corrected chi connectivity index (χ3v) is 4.58. The summed E-state index contributed by atoms with van der Waals surface area (Å²) in [5.74, 6) is 1.05. The zero-order valence-electron chi connectivity index (χ0n) is 14.8. The molecule has 144 valence electrons. The van der Waals surface area contributed by atoms with Crippen molar-refractivity contribution in [3.63, 3.8) is 0 Å². The lowest BCUT2D eigenvalue weighted by molar-refractivity contribution is -0.137. The van der Waals surface area contributed by atoms with Gasteiger partial charge in [0.25, 0.3) is 5.91 Å². The van der Waals surface area contributed by atoms with E-state index in [0.717, 1.165) is 12.3 Å². The first kappa shape index (κ1) is 19.0. The molecule has 1 aliphatic rings. The smallest absolute Gasteiger partial charge is 0.417 e. The molecule has 5 nitrogen and oxygen atoms in total. The van der Waals surface area contributed by atoms with E-state index in [1.54, 1.807) is 31.4 Å². The number of hydrogen-bond donors (Lipinski definition) is 1. The number of rotatable bonds is 4. The average molecular weight is 379 g/mol. The maximum Gasteiger partial charge on any atom is 0.417 e. The highest BCUT2D eigenvalue weighted by atomic mass is 19.4. The van der Waals surface area contributed by atoms with E-state index in [4.69, 9.17) is 4.74 Å². The number of halogens is 3. The lowest BCUT2D eigenvalue weighted by atomic mass is 10.0. The molecule has 1 N–H and O–H groups in total. The molecule has 1 aliphatic heterocycles. The molecule has 1 aromatic carbocycles. The number of carbonyl (C=O) groups excluding carboxylic acids is 1. The van der Waals surface area contributed by atoms with E-state index < -0.39 is 11.7 Å². The molecule has 8 heteroatoms. The summed E-state index contributed by atoms with van der Waals surface area (Å²) in [4.78, 5) is 18.2. The van der Waals surface area contributed by atoms with Crippen molar-refractivity contribution in [1.82, 2.24) is 10.3 Å². The number of pyridine rings is 1. The topological polar surface area (TPSA) is 54.5 Å². The van der Waals surface area contributed by atoms with Gasteiger partial charge in [-0.25, -0.2) is 4.98 Å². The first-order chi connectivity index (χ1) is 12.9. The van der Waals surface area contributed by atoms with Gasteiger partial charge in [-0.2, -0.15) is 13.2 Å². The number of ether oxygens (including phenoxy) is 1. The Kier molecular flexibility index (Phi) is 5.53. The van der Waals surface area contributed by atoms with Gasteiger partial charge in [-0.1, -0.05) is 0 Å². The Labute approximate surface area is 155 Å². The zero-order valence-corrected chi connectivity index (χ0v) is 14.8. The van der Waals surface area contributed by atoms with Gasteiger partial charge in [0.15, 0.2) is 0 Å². The molecule has 1 saturated heterocycles. The lowest BCUT2D eigenvalue weighted by Crippen LogP contribution is -2.45. The van der Waals surface area contributed by atoms with Crippen LogP contribution in [0.5, 0.6) is 5.75 Å². The molecule has 0 bridgehead atoms. The van der Waals surface area contributed by atoms with Gasteiger partial charge in [0, 0.05) is 30.9 Å². The third kappa shape index (κ3) is 4.69. The van der Waals surface area contributed by atoms with Crippen LogP contribution in [0.3, 0.4) is 0 Å². The molecular weight excluding hydrogens is 359 g/mol. The number of methoxy groups -OCH3 is 1. The largest absolute Gasteiger partial charge is 0.497 e. The summed E-state index contributed by atoms with van der Waals surface area (Å²) < 4.78 is 42.9. The number of benzene rings is 1. The first-order valence-corrected chi connectivity index (χ1v) is 8.60. The highest BCUT2D eigenvalue weighted by molar-refractivity contribution is 5.94. The Morgan fingerprint density at radius 3 is 2.33 bits per heavy atom. The van der Waals surface area contributed by atoms with Crippen LogP contribution in [0, 0.1) is 0 Å². The van der Waals surface area contributed by atoms with Crippen molar-refractivity contribution in [3.8, 4) is 5.75 Å². The lowest BCUT2D eigenvalue weighted by Gasteiger charge is -2.33. The third-order valence-electron chi connectivity index (χ3n) is 4.58. The number of nitrogens with one attached hydrogen (secondary N) is 1. The van der Waals surface area contributed by atoms with Crippen molar-refractivity contribution in [2.45, 2.75) is 25.1 Å². The molecule has 0 aliphatic carbocycles. The van der Waals surface area contributed by atoms with Crippen LogP contribution >= 0.6 is 0 Å². The fourth-order valence-corrected chi connectivity index (χ4v) is 3.00. The Balaban J connectivity index is 1.53. The Hall–Kier alpha value is -2.77. The molecule has 0 unspecified atom stereocenters. The van der Waals surface area contributed by atoms with Crippen LogP contribution in [0.1, 0.15) is 28.8 Å². The number of piperidine rings is 1. The summed E-state index contributed by atoms with van der Waals surface area (Å²) in [7, 11) is 1.56. The summed E-state index contributed by atoms with van der Waals surface area (Å²) in [5, 5.41) is 3.00. The van der Waals surface area contributed by atoms with Gasteiger partial charge in [-0.15, -0.1) is 0 Å². The normalized spacial score (nSPS) is 15.5. The Morgan fingerprint density at radius 2 is 1.81 bits per heavy atom. The van der Waals surface area contributed by atoms with Crippen LogP contribution in [0.15, 0.2) is 42.6 Å². The molecule has 2 aromatic rings. The maximum atomic E-state index is 12.6. The Bertz CT molecular complexity index is 768. The second-order valence-corrected chi connectivity index (χ2v) is 6.37. The second kappa shape index (κ2) is 7.85. The van der Waals surface area contributed by atoms with Crippen molar-refractivity contribution in [2.24, 2.45) is 0 Å². The van der Waals surface area contributed by atoms with Gasteiger partial charge in [0.05, 0.1) is 12.7 Å². The predicted molar refractivity (Wildman–Crippen MR) is 94.9 cm³/mol. The number of carbonyl (C=O) groups is 1. The molecule has 0 radical (unpaired) electrons. The monoisotopic (exact) mass is 379 g/mol. The standard InChI is InChI=1S/C19H20F3N3O2/c1-27-16-5-2-13(3-6-16)18(26)24-15-8-10-25(11-9-15)17-7-4-14(12-23-17)19(20,21)22/h2-7,12,15H,8-11H2,1H3,(H,24,26). The van der Waals surface area contributed by atoms with E-state index in [1.807, 2.05) is 4.90 Å². The van der Waals surface area contributed by atoms with E-state index >= 15 is 0 Å². The Morgan fingerprint density at radius 1 is 1.15 bits per heavy atom. The first-order valence-electron chi connectivity index (χ1n) is 8.60. The summed E-state index contributed by atoms with van der Waals surface area (Å²) in [6, 6.07) is 9.32. The van der Waals surface area contributed by atoms with Crippen molar-refractivity contribution >= 4 is 11.7 Å². The molecular formula is C19H20F3N3O2. The summed E-state index contributed by atoms with van der Waals surface area (Å²) in [6.07, 6.45) is -2.13. The molecule has 0 saturated carbocycles. The summed E-state index contributed by atoms with van der Waals surface area (Å²) in [6.45, 7) is 1.23. The predicted octanol–water partition coefficient (Wildman–Crippen LogP) is 3.51. The molecule has 1 fully saturated rings. The van der Waals surface area contributed by atoms with Crippen LogP contribution in [-0.4, -0.2) is 37.1 Å². The number of aromatic nitrogens is 1. The number of amides is 1. The maximum absolute atomic E-state index is 12.6. The quantitative estimate of drug-likeness (QED) is 0.883. The SMILES string of the molecule is COc1ccc(C(=O)NC2CCN(c3ccc(C(F)(F)F)cn3)CC2)cc1. The van der Waals surface area contributed by atoms with Crippen molar-refractivity contribution in [2.75, 3.05) is 25.1 Å². The minimum Gasteiger partial charge on any atom is -0.497 e. The molecule has 2 heterocycles. The van der Waals surface area contributed by atoms with Crippen LogP contribution in [0.25, 0.3) is 0 Å². The molecule has 27 heavy (non-hydrogen) atoms. The van der Waals surface area contributed by atoms with Gasteiger partial charge < -0.3 is 15.0 Å². The fraction of sp³-hybridized carbons (Fsp3) is 0.368. The van der Waals surface area contributed by atoms with Gasteiger partial charge in [-0.05, 0) is 49.2 Å². The van der Waals surface area contributed by atoms with Crippen molar-refractivity contribution in [3.05, 3.63) is 53.7 Å². The highest BCUT2D eigenvalue weighted by Gasteiger charge is 2.31. The van der Waals surface area contributed by atoms with Crippen LogP contribution in [0.2, 0.25) is 0 Å². The molecule has 1 amide bonds. The van der Waals surface area contributed by atoms with Crippen molar-refractivity contribution in [1.29, 1.82) is 0 Å². The minimum absolute atomic E-state index is 0.0188. The zero-order chi connectivity index (χ0) is 19.4. The van der Waals surface area contributed by atoms with Gasteiger partial charge in [0.1, 0.15) is 11.6 Å². The average Bonchev–Trinajstić information content (AvgIpc) is 2.68. The van der Waals surface area contributed by atoms with E-state index in [9.17, 15) is 18.0 Å². The molecule has 3 rings (SSSR count). The van der Waals surface area contributed by atoms with Crippen LogP contribution in [-0.2, 0) is 6.18 Å². The summed E-state index contributed by atoms with van der Waals surface area (Å²) >= 11 is 0. The number of anilines is 1. The number of nitrogens with zero attached hydrogens (tertiary/aromatic N) is 2. The number of hydrogen-bond acceptors (Lipinski definition) is 4. The van der Waals surface area contributed by atoms with Crippen molar-refractivity contribution < 1.29 is 22.7 Å². The van der Waals surface area contributed by atoms with E-state index in [0.29, 0.717) is 43.1 Å². The molecule has 0 atom stereocenters. The molecule has 0 spiro atoms. The second-order valence-electron chi connectivity index (χ2n) is 6.37. The van der Waals surface area contributed by atoms with Crippen LogP contribution < -0.4 is 15.0 Å². The van der Waals surface area contributed by atoms with E-state index in [-0.39, 0.29) is 11.9 Å². The van der Waals surface area contributed by atoms with Gasteiger partial charge in [-0.3, -0.25) is 4.79 Å². The van der Waals surface area contributed by atoms with Gasteiger partial charge >= 0.3 is 6.18 Å². The van der Waals surface area contributed by atoms with Crippen LogP contribution in [0.4, 0.5) is 19.0 Å². The summed E-state index contributed by atoms with van der Waals surface area (Å²) in [5.41, 5.74) is -0.199. The van der Waals surface area contributed by atoms with Gasteiger partial charge in [0.2, 0.25) is 0 Å². The van der Waals surface area contributed by atoms with E-state index in [1.165, 1.54) is 6.07 Å². The number of alkyl halides is 3. The molecule has 1 aromatic heterocycles. The van der Waals surface area contributed by atoms with E-state index in [2.05, 4.69) is 10.3 Å². The minimum atomic E-state index is -4.38. The highest BCUT2D eigenvalue weighted by Crippen LogP contribution is 2.29. The fourth-order valence-electron chi connectivity index (χ4n) is 3.00.